The van der Waals surface area contributed by atoms with Crippen molar-refractivity contribution in [3.05, 3.63) is 29.8 Å². The molecule has 1 fully saturated rings. The van der Waals surface area contributed by atoms with Crippen LogP contribution in [0.5, 0.6) is 0 Å². The van der Waals surface area contributed by atoms with Gasteiger partial charge in [0.05, 0.1) is 6.10 Å². The van der Waals surface area contributed by atoms with Gasteiger partial charge in [-0.15, -0.1) is 0 Å². The van der Waals surface area contributed by atoms with Gasteiger partial charge in [0.1, 0.15) is 0 Å². The van der Waals surface area contributed by atoms with Crippen molar-refractivity contribution in [1.29, 1.82) is 0 Å². The highest BCUT2D eigenvalue weighted by Gasteiger charge is 2.16. The molecule has 1 N–H and O–H groups in total. The predicted octanol–water partition coefficient (Wildman–Crippen LogP) is 2.19. The van der Waals surface area contributed by atoms with Crippen LogP contribution in [0.2, 0.25) is 0 Å². The Kier molecular flexibility index (Phi) is 5.01. The molecule has 1 atom stereocenters. The number of amides is 1. The standard InChI is InChI=1S/C16H24N2O2/c1-3-16(20)14-5-7-15(8-6-14)18-10-4-9-17(11-12-18)13(2)19/h5-8,16,20H,3-4,9-12H2,1-2H3/t16-/m0/s1. The molecule has 1 saturated heterocycles. The highest BCUT2D eigenvalue weighted by molar-refractivity contribution is 5.73. The number of benzene rings is 1. The fourth-order valence-corrected chi connectivity index (χ4v) is 2.63. The Bertz CT molecular complexity index is 444. The van der Waals surface area contributed by atoms with Crippen LogP contribution >= 0.6 is 0 Å². The molecule has 20 heavy (non-hydrogen) atoms. The van der Waals surface area contributed by atoms with E-state index in [0.717, 1.165) is 44.6 Å². The second-order valence-corrected chi connectivity index (χ2v) is 5.36. The minimum atomic E-state index is -0.374. The summed E-state index contributed by atoms with van der Waals surface area (Å²) in [6.07, 6.45) is 1.36. The van der Waals surface area contributed by atoms with E-state index in [4.69, 9.17) is 0 Å². The van der Waals surface area contributed by atoms with Crippen LogP contribution in [0.15, 0.2) is 24.3 Å². The van der Waals surface area contributed by atoms with Gasteiger partial charge in [-0.3, -0.25) is 4.79 Å². The largest absolute Gasteiger partial charge is 0.388 e. The van der Waals surface area contributed by atoms with Gasteiger partial charge >= 0.3 is 0 Å². The number of anilines is 1. The minimum absolute atomic E-state index is 0.160. The van der Waals surface area contributed by atoms with Crippen LogP contribution < -0.4 is 4.90 Å². The van der Waals surface area contributed by atoms with E-state index in [-0.39, 0.29) is 12.0 Å². The zero-order valence-electron chi connectivity index (χ0n) is 12.4. The van der Waals surface area contributed by atoms with E-state index in [2.05, 4.69) is 17.0 Å². The van der Waals surface area contributed by atoms with Crippen LogP contribution in [0.4, 0.5) is 5.69 Å². The number of aliphatic hydroxyl groups is 1. The summed E-state index contributed by atoms with van der Waals surface area (Å²) in [5.74, 6) is 0.160. The number of carbonyl (C=O) groups excluding carboxylic acids is 1. The lowest BCUT2D eigenvalue weighted by Crippen LogP contribution is -2.33. The van der Waals surface area contributed by atoms with Crippen molar-refractivity contribution < 1.29 is 9.90 Å². The molecule has 1 heterocycles. The van der Waals surface area contributed by atoms with Gasteiger partial charge in [0.15, 0.2) is 0 Å². The minimum Gasteiger partial charge on any atom is -0.388 e. The normalized spacial score (nSPS) is 17.8. The topological polar surface area (TPSA) is 43.8 Å². The third kappa shape index (κ3) is 3.51. The lowest BCUT2D eigenvalue weighted by Gasteiger charge is -2.23. The van der Waals surface area contributed by atoms with Crippen molar-refractivity contribution in [2.45, 2.75) is 32.8 Å². The van der Waals surface area contributed by atoms with Crippen LogP contribution in [0, 0.1) is 0 Å². The number of carbonyl (C=O) groups is 1. The van der Waals surface area contributed by atoms with Gasteiger partial charge in [-0.2, -0.15) is 0 Å². The molecule has 4 heteroatoms. The van der Waals surface area contributed by atoms with Gasteiger partial charge in [-0.1, -0.05) is 19.1 Å². The van der Waals surface area contributed by atoms with Gasteiger partial charge in [0.2, 0.25) is 5.91 Å². The van der Waals surface area contributed by atoms with Crippen molar-refractivity contribution >= 4 is 11.6 Å². The number of hydrogen-bond donors (Lipinski definition) is 1. The second-order valence-electron chi connectivity index (χ2n) is 5.36. The molecule has 2 rings (SSSR count). The molecule has 1 aromatic carbocycles. The van der Waals surface area contributed by atoms with E-state index in [0.29, 0.717) is 0 Å². The van der Waals surface area contributed by atoms with Crippen molar-refractivity contribution in [1.82, 2.24) is 4.90 Å². The van der Waals surface area contributed by atoms with E-state index >= 15 is 0 Å². The predicted molar refractivity (Wildman–Crippen MR) is 80.8 cm³/mol. The quantitative estimate of drug-likeness (QED) is 0.920. The molecule has 0 aliphatic carbocycles. The summed E-state index contributed by atoms with van der Waals surface area (Å²) in [6.45, 7) is 7.09. The first-order valence-electron chi connectivity index (χ1n) is 7.40. The summed E-state index contributed by atoms with van der Waals surface area (Å²) < 4.78 is 0. The van der Waals surface area contributed by atoms with Gasteiger partial charge < -0.3 is 14.9 Å². The number of aliphatic hydroxyl groups excluding tert-OH is 1. The molecule has 1 aromatic rings. The van der Waals surface area contributed by atoms with Crippen LogP contribution in [0.3, 0.4) is 0 Å². The lowest BCUT2D eigenvalue weighted by molar-refractivity contribution is -0.128. The van der Waals surface area contributed by atoms with E-state index in [9.17, 15) is 9.90 Å². The molecule has 0 spiro atoms. The van der Waals surface area contributed by atoms with E-state index in [1.165, 1.54) is 5.69 Å². The number of hydrogen-bond acceptors (Lipinski definition) is 3. The summed E-state index contributed by atoms with van der Waals surface area (Å²) in [6, 6.07) is 8.13. The summed E-state index contributed by atoms with van der Waals surface area (Å²) in [5, 5.41) is 9.81. The van der Waals surface area contributed by atoms with Crippen LogP contribution in [0.1, 0.15) is 38.4 Å². The lowest BCUT2D eigenvalue weighted by atomic mass is 10.1. The first kappa shape index (κ1) is 14.9. The highest BCUT2D eigenvalue weighted by Crippen LogP contribution is 2.22. The van der Waals surface area contributed by atoms with Gasteiger partial charge in [0, 0.05) is 38.8 Å². The Balaban J connectivity index is 2.02. The summed E-state index contributed by atoms with van der Waals surface area (Å²) in [5.41, 5.74) is 2.14. The highest BCUT2D eigenvalue weighted by atomic mass is 16.3. The summed E-state index contributed by atoms with van der Waals surface area (Å²) in [7, 11) is 0. The van der Waals surface area contributed by atoms with Crippen LogP contribution in [0.25, 0.3) is 0 Å². The Labute approximate surface area is 121 Å². The molecule has 1 aliphatic heterocycles. The summed E-state index contributed by atoms with van der Waals surface area (Å²) >= 11 is 0. The Morgan fingerprint density at radius 3 is 2.50 bits per heavy atom. The molecule has 1 amide bonds. The van der Waals surface area contributed by atoms with Crippen LogP contribution in [-0.4, -0.2) is 42.1 Å². The smallest absolute Gasteiger partial charge is 0.219 e. The third-order valence-corrected chi connectivity index (χ3v) is 3.97. The molecule has 4 nitrogen and oxygen atoms in total. The molecule has 1 aliphatic rings. The third-order valence-electron chi connectivity index (χ3n) is 3.97. The second kappa shape index (κ2) is 6.75. The van der Waals surface area contributed by atoms with E-state index in [1.54, 1.807) is 6.92 Å². The fourth-order valence-electron chi connectivity index (χ4n) is 2.63. The Morgan fingerprint density at radius 2 is 1.90 bits per heavy atom. The van der Waals surface area contributed by atoms with E-state index in [1.807, 2.05) is 24.0 Å². The average molecular weight is 276 g/mol. The molecule has 0 saturated carbocycles. The molecular weight excluding hydrogens is 252 g/mol. The summed E-state index contributed by atoms with van der Waals surface area (Å²) in [4.78, 5) is 15.6. The monoisotopic (exact) mass is 276 g/mol. The Hall–Kier alpha value is -1.55. The zero-order chi connectivity index (χ0) is 14.5. The molecule has 110 valence electrons. The zero-order valence-corrected chi connectivity index (χ0v) is 12.4. The van der Waals surface area contributed by atoms with Gasteiger partial charge in [0.25, 0.3) is 0 Å². The van der Waals surface area contributed by atoms with Crippen molar-refractivity contribution in [3.8, 4) is 0 Å². The van der Waals surface area contributed by atoms with E-state index < -0.39 is 0 Å². The SMILES string of the molecule is CC[C@H](O)c1ccc(N2CCCN(C(C)=O)CC2)cc1. The van der Waals surface area contributed by atoms with Gasteiger partial charge in [-0.25, -0.2) is 0 Å². The van der Waals surface area contributed by atoms with Crippen molar-refractivity contribution in [2.75, 3.05) is 31.1 Å². The molecule has 0 unspecified atom stereocenters. The Morgan fingerprint density at radius 1 is 1.20 bits per heavy atom. The first-order chi connectivity index (χ1) is 9.61. The molecule has 0 aromatic heterocycles. The maximum atomic E-state index is 11.4. The maximum absolute atomic E-state index is 11.4. The van der Waals surface area contributed by atoms with Crippen molar-refractivity contribution in [2.24, 2.45) is 0 Å². The molecular formula is C16H24N2O2. The number of nitrogens with zero attached hydrogens (tertiary/aromatic N) is 2. The first-order valence-corrected chi connectivity index (χ1v) is 7.40. The van der Waals surface area contributed by atoms with Crippen molar-refractivity contribution in [3.63, 3.8) is 0 Å². The van der Waals surface area contributed by atoms with Crippen LogP contribution in [-0.2, 0) is 4.79 Å². The molecule has 0 bridgehead atoms. The van der Waals surface area contributed by atoms with Gasteiger partial charge in [-0.05, 0) is 30.5 Å². The maximum Gasteiger partial charge on any atom is 0.219 e. The average Bonchev–Trinajstić information content (AvgIpc) is 2.72. The number of rotatable bonds is 3. The molecule has 0 radical (unpaired) electrons. The fraction of sp³-hybridized carbons (Fsp3) is 0.562.